The second kappa shape index (κ2) is 7.29. The molecule has 0 atom stereocenters. The molecule has 1 rings (SSSR count). The Morgan fingerprint density at radius 2 is 2.12 bits per heavy atom. The van der Waals surface area contributed by atoms with Crippen molar-refractivity contribution >= 4 is 23.2 Å². The van der Waals surface area contributed by atoms with Crippen molar-refractivity contribution in [1.82, 2.24) is 0 Å². The van der Waals surface area contributed by atoms with Crippen LogP contribution in [0.25, 0.3) is 0 Å². The number of amides is 1. The summed E-state index contributed by atoms with van der Waals surface area (Å²) in [6.07, 6.45) is 5.06. The number of halogens is 1. The molecule has 0 aliphatic rings. The third-order valence-electron chi connectivity index (χ3n) is 2.37. The maximum Gasteiger partial charge on any atom is 0.224 e. The number of benzene rings is 1. The summed E-state index contributed by atoms with van der Waals surface area (Å²) in [4.78, 5) is 11.5. The summed E-state index contributed by atoms with van der Waals surface area (Å²) in [6.45, 7) is 2.16. The molecule has 0 saturated carbocycles. The number of anilines is 1. The molecule has 2 nitrogen and oxygen atoms in total. The SMILES string of the molecule is CCCCCCC(=O)Nc1cccc(Cl)c1. The lowest BCUT2D eigenvalue weighted by molar-refractivity contribution is -0.116. The first kappa shape index (κ1) is 13.0. The standard InChI is InChI=1S/C13H18ClNO/c1-2-3-4-5-9-13(16)15-12-8-6-7-11(14)10-12/h6-8,10H,2-5,9H2,1H3,(H,15,16). The van der Waals surface area contributed by atoms with Crippen molar-refractivity contribution in [1.29, 1.82) is 0 Å². The zero-order chi connectivity index (χ0) is 11.8. The van der Waals surface area contributed by atoms with Crippen molar-refractivity contribution in [3.63, 3.8) is 0 Å². The topological polar surface area (TPSA) is 29.1 Å². The highest BCUT2D eigenvalue weighted by molar-refractivity contribution is 6.30. The number of hydrogen-bond acceptors (Lipinski definition) is 1. The number of carbonyl (C=O) groups excluding carboxylic acids is 1. The minimum Gasteiger partial charge on any atom is -0.326 e. The largest absolute Gasteiger partial charge is 0.326 e. The average Bonchev–Trinajstić information content (AvgIpc) is 2.24. The first-order chi connectivity index (χ1) is 7.72. The normalized spacial score (nSPS) is 10.1. The van der Waals surface area contributed by atoms with E-state index in [1.807, 2.05) is 12.1 Å². The summed E-state index contributed by atoms with van der Waals surface area (Å²) < 4.78 is 0. The Labute approximate surface area is 102 Å². The van der Waals surface area contributed by atoms with E-state index in [1.54, 1.807) is 12.1 Å². The number of nitrogens with one attached hydrogen (secondary N) is 1. The van der Waals surface area contributed by atoms with Crippen LogP contribution in [-0.2, 0) is 4.79 Å². The predicted molar refractivity (Wildman–Crippen MR) is 68.8 cm³/mol. The summed E-state index contributed by atoms with van der Waals surface area (Å²) in [5.74, 6) is 0.0679. The van der Waals surface area contributed by atoms with Crippen LogP contribution in [0.3, 0.4) is 0 Å². The van der Waals surface area contributed by atoms with Crippen molar-refractivity contribution < 1.29 is 4.79 Å². The Kier molecular flexibility index (Phi) is 5.94. The summed E-state index contributed by atoms with van der Waals surface area (Å²) in [5, 5.41) is 3.48. The van der Waals surface area contributed by atoms with Gasteiger partial charge in [0.15, 0.2) is 0 Å². The van der Waals surface area contributed by atoms with Gasteiger partial charge in [-0.3, -0.25) is 4.79 Å². The van der Waals surface area contributed by atoms with Crippen LogP contribution in [0.4, 0.5) is 5.69 Å². The quantitative estimate of drug-likeness (QED) is 0.739. The second-order valence-electron chi connectivity index (χ2n) is 3.87. The first-order valence-corrected chi connectivity index (χ1v) is 6.15. The van der Waals surface area contributed by atoms with Gasteiger partial charge in [-0.25, -0.2) is 0 Å². The van der Waals surface area contributed by atoms with E-state index in [2.05, 4.69) is 12.2 Å². The van der Waals surface area contributed by atoms with Crippen LogP contribution in [0.15, 0.2) is 24.3 Å². The van der Waals surface area contributed by atoms with Crippen molar-refractivity contribution in [3.8, 4) is 0 Å². The zero-order valence-corrected chi connectivity index (χ0v) is 10.4. The fourth-order valence-corrected chi connectivity index (χ4v) is 1.69. The fourth-order valence-electron chi connectivity index (χ4n) is 1.50. The Balaban J connectivity index is 2.29. The minimum atomic E-state index is 0.0679. The van der Waals surface area contributed by atoms with Crippen LogP contribution in [0.2, 0.25) is 5.02 Å². The molecule has 0 aromatic heterocycles. The van der Waals surface area contributed by atoms with Crippen LogP contribution in [0.1, 0.15) is 39.0 Å². The molecule has 3 heteroatoms. The lowest BCUT2D eigenvalue weighted by Gasteiger charge is -2.05. The van der Waals surface area contributed by atoms with Crippen LogP contribution in [0.5, 0.6) is 0 Å². The molecule has 88 valence electrons. The summed E-state index contributed by atoms with van der Waals surface area (Å²) in [5.41, 5.74) is 0.771. The second-order valence-corrected chi connectivity index (χ2v) is 4.31. The fraction of sp³-hybridized carbons (Fsp3) is 0.462. The summed E-state index contributed by atoms with van der Waals surface area (Å²) >= 11 is 5.82. The van der Waals surface area contributed by atoms with E-state index in [4.69, 9.17) is 11.6 Å². The van der Waals surface area contributed by atoms with Crippen molar-refractivity contribution in [2.45, 2.75) is 39.0 Å². The maximum atomic E-state index is 11.5. The lowest BCUT2D eigenvalue weighted by Crippen LogP contribution is -2.10. The van der Waals surface area contributed by atoms with E-state index in [-0.39, 0.29) is 5.91 Å². The highest BCUT2D eigenvalue weighted by Gasteiger charge is 2.02. The molecule has 0 aliphatic heterocycles. The maximum absolute atomic E-state index is 11.5. The Bertz CT molecular complexity index is 338. The molecule has 0 fully saturated rings. The molecule has 0 unspecified atom stereocenters. The highest BCUT2D eigenvalue weighted by Crippen LogP contribution is 2.15. The Morgan fingerprint density at radius 3 is 2.81 bits per heavy atom. The molecule has 0 heterocycles. The Morgan fingerprint density at radius 1 is 1.31 bits per heavy atom. The molecule has 0 radical (unpaired) electrons. The van der Waals surface area contributed by atoms with Gasteiger partial charge in [0.2, 0.25) is 5.91 Å². The smallest absolute Gasteiger partial charge is 0.224 e. The van der Waals surface area contributed by atoms with Gasteiger partial charge in [-0.15, -0.1) is 0 Å². The average molecular weight is 240 g/mol. The molecule has 1 aromatic carbocycles. The number of unbranched alkanes of at least 4 members (excludes halogenated alkanes) is 3. The molecule has 16 heavy (non-hydrogen) atoms. The van der Waals surface area contributed by atoms with E-state index >= 15 is 0 Å². The molecule has 0 bridgehead atoms. The van der Waals surface area contributed by atoms with Crippen molar-refractivity contribution in [3.05, 3.63) is 29.3 Å². The minimum absolute atomic E-state index is 0.0679. The van der Waals surface area contributed by atoms with Crippen molar-refractivity contribution in [2.24, 2.45) is 0 Å². The van der Waals surface area contributed by atoms with E-state index in [0.29, 0.717) is 11.4 Å². The lowest BCUT2D eigenvalue weighted by atomic mass is 10.1. The number of carbonyl (C=O) groups is 1. The van der Waals surface area contributed by atoms with Gasteiger partial charge in [0.1, 0.15) is 0 Å². The first-order valence-electron chi connectivity index (χ1n) is 5.78. The molecular formula is C13H18ClNO. The third kappa shape index (κ3) is 5.17. The van der Waals surface area contributed by atoms with Gasteiger partial charge in [0.25, 0.3) is 0 Å². The Hall–Kier alpha value is -1.02. The molecule has 1 amide bonds. The van der Waals surface area contributed by atoms with E-state index in [9.17, 15) is 4.79 Å². The molecule has 0 spiro atoms. The van der Waals surface area contributed by atoms with Crippen LogP contribution in [0, 0.1) is 0 Å². The van der Waals surface area contributed by atoms with Crippen molar-refractivity contribution in [2.75, 3.05) is 5.32 Å². The third-order valence-corrected chi connectivity index (χ3v) is 2.60. The number of rotatable bonds is 6. The van der Waals surface area contributed by atoms with Gasteiger partial charge in [0, 0.05) is 17.1 Å². The van der Waals surface area contributed by atoms with E-state index in [1.165, 1.54) is 12.8 Å². The number of hydrogen-bond donors (Lipinski definition) is 1. The molecular weight excluding hydrogens is 222 g/mol. The van der Waals surface area contributed by atoms with E-state index in [0.717, 1.165) is 18.5 Å². The molecule has 1 N–H and O–H groups in total. The predicted octanol–water partition coefficient (Wildman–Crippen LogP) is 4.25. The zero-order valence-electron chi connectivity index (χ0n) is 9.63. The van der Waals surface area contributed by atoms with E-state index < -0.39 is 0 Å². The highest BCUT2D eigenvalue weighted by atomic mass is 35.5. The monoisotopic (exact) mass is 239 g/mol. The van der Waals surface area contributed by atoms with Crippen LogP contribution in [-0.4, -0.2) is 5.91 Å². The molecule has 0 aliphatic carbocycles. The molecule has 0 saturated heterocycles. The van der Waals surface area contributed by atoms with Gasteiger partial charge in [-0.2, -0.15) is 0 Å². The molecule has 1 aromatic rings. The van der Waals surface area contributed by atoms with Gasteiger partial charge in [-0.1, -0.05) is 43.9 Å². The van der Waals surface area contributed by atoms with Crippen LogP contribution < -0.4 is 5.32 Å². The summed E-state index contributed by atoms with van der Waals surface area (Å²) in [6, 6.07) is 7.22. The van der Waals surface area contributed by atoms with Crippen LogP contribution >= 0.6 is 11.6 Å². The van der Waals surface area contributed by atoms with Gasteiger partial charge >= 0.3 is 0 Å². The van der Waals surface area contributed by atoms with Gasteiger partial charge in [-0.05, 0) is 24.6 Å². The van der Waals surface area contributed by atoms with Gasteiger partial charge < -0.3 is 5.32 Å². The summed E-state index contributed by atoms with van der Waals surface area (Å²) in [7, 11) is 0. The van der Waals surface area contributed by atoms with Gasteiger partial charge in [0.05, 0.1) is 0 Å².